The fraction of sp³-hybridized carbons (Fsp3) is 0.231. The Morgan fingerprint density at radius 2 is 1.43 bits per heavy atom. The number of esters is 1. The molecule has 1 fully saturated rings. The van der Waals surface area contributed by atoms with Gasteiger partial charge in [-0.15, -0.1) is 0 Å². The molecular formula is C26H27N3O5S. The van der Waals surface area contributed by atoms with Gasteiger partial charge in [0.15, 0.2) is 0 Å². The average Bonchev–Trinajstić information content (AvgIpc) is 2.90. The summed E-state index contributed by atoms with van der Waals surface area (Å²) < 4.78 is 31.8. The number of sulfonamides is 1. The first-order chi connectivity index (χ1) is 16.9. The zero-order valence-electron chi connectivity index (χ0n) is 19.4. The third-order valence-electron chi connectivity index (χ3n) is 5.90. The Balaban J connectivity index is 1.29. The van der Waals surface area contributed by atoms with Crippen molar-refractivity contribution in [3.05, 3.63) is 95.6 Å². The Labute approximate surface area is 205 Å². The van der Waals surface area contributed by atoms with Gasteiger partial charge in [0.2, 0.25) is 10.0 Å². The molecule has 0 bridgehead atoms. The fourth-order valence-electron chi connectivity index (χ4n) is 3.90. The van der Waals surface area contributed by atoms with Gasteiger partial charge in [0, 0.05) is 44.0 Å². The number of hydrogen-bond donors (Lipinski definition) is 1. The van der Waals surface area contributed by atoms with E-state index in [2.05, 4.69) is 15.0 Å². The lowest BCUT2D eigenvalue weighted by Crippen LogP contribution is -2.48. The molecule has 1 N–H and O–H groups in total. The van der Waals surface area contributed by atoms with Crippen LogP contribution in [0.3, 0.4) is 0 Å². The standard InChI is InChI=1S/C26H27N3O5S/c1-34-26(31)22-11-13-23(14-12-22)27-25(30)21-9-7-20(8-10-21)19-28-15-17-29(18-16-28)35(32,33)24-5-3-2-4-6-24/h2-14H,15-19H2,1H3,(H,27,30). The van der Waals surface area contributed by atoms with Crippen molar-refractivity contribution >= 4 is 27.6 Å². The first-order valence-electron chi connectivity index (χ1n) is 11.2. The molecule has 3 aromatic rings. The van der Waals surface area contributed by atoms with Crippen LogP contribution in [0.5, 0.6) is 0 Å². The van der Waals surface area contributed by atoms with E-state index in [4.69, 9.17) is 0 Å². The Morgan fingerprint density at radius 3 is 2.03 bits per heavy atom. The second kappa shape index (κ2) is 10.8. The minimum atomic E-state index is -3.47. The van der Waals surface area contributed by atoms with Crippen LogP contribution in [0.1, 0.15) is 26.3 Å². The van der Waals surface area contributed by atoms with Crippen molar-refractivity contribution in [1.82, 2.24) is 9.21 Å². The van der Waals surface area contributed by atoms with Crippen LogP contribution in [0, 0.1) is 0 Å². The van der Waals surface area contributed by atoms with Crippen molar-refractivity contribution in [2.24, 2.45) is 0 Å². The van der Waals surface area contributed by atoms with E-state index in [0.29, 0.717) is 54.4 Å². The summed E-state index contributed by atoms with van der Waals surface area (Å²) in [4.78, 5) is 26.6. The molecule has 1 aliphatic heterocycles. The highest BCUT2D eigenvalue weighted by atomic mass is 32.2. The zero-order chi connectivity index (χ0) is 24.8. The Kier molecular flexibility index (Phi) is 7.60. The van der Waals surface area contributed by atoms with Gasteiger partial charge in [-0.3, -0.25) is 9.69 Å². The largest absolute Gasteiger partial charge is 0.465 e. The van der Waals surface area contributed by atoms with Crippen LogP contribution in [-0.4, -0.2) is 62.8 Å². The number of nitrogens with one attached hydrogen (secondary N) is 1. The van der Waals surface area contributed by atoms with Gasteiger partial charge >= 0.3 is 5.97 Å². The maximum atomic E-state index is 12.8. The SMILES string of the molecule is COC(=O)c1ccc(NC(=O)c2ccc(CN3CCN(S(=O)(=O)c4ccccc4)CC3)cc2)cc1. The summed E-state index contributed by atoms with van der Waals surface area (Å²) >= 11 is 0. The van der Waals surface area contributed by atoms with Crippen LogP contribution in [-0.2, 0) is 21.3 Å². The second-order valence-electron chi connectivity index (χ2n) is 8.21. The Morgan fingerprint density at radius 1 is 0.829 bits per heavy atom. The molecule has 0 saturated carbocycles. The zero-order valence-corrected chi connectivity index (χ0v) is 20.2. The molecule has 4 rings (SSSR count). The summed E-state index contributed by atoms with van der Waals surface area (Å²) in [7, 11) is -2.15. The summed E-state index contributed by atoms with van der Waals surface area (Å²) in [6.07, 6.45) is 0. The molecular weight excluding hydrogens is 466 g/mol. The highest BCUT2D eigenvalue weighted by molar-refractivity contribution is 7.89. The normalized spacial score (nSPS) is 14.9. The Bertz CT molecular complexity index is 1270. The number of nitrogens with zero attached hydrogens (tertiary/aromatic N) is 2. The van der Waals surface area contributed by atoms with E-state index in [9.17, 15) is 18.0 Å². The molecule has 0 atom stereocenters. The lowest BCUT2D eigenvalue weighted by Gasteiger charge is -2.34. The predicted octanol–water partition coefficient (Wildman–Crippen LogP) is 3.23. The topological polar surface area (TPSA) is 96.0 Å². The van der Waals surface area contributed by atoms with Crippen molar-refractivity contribution < 1.29 is 22.7 Å². The number of carbonyl (C=O) groups is 2. The van der Waals surface area contributed by atoms with Crippen LogP contribution < -0.4 is 5.32 Å². The molecule has 9 heteroatoms. The monoisotopic (exact) mass is 493 g/mol. The Hall–Kier alpha value is -3.53. The van der Waals surface area contributed by atoms with Crippen molar-refractivity contribution in [1.29, 1.82) is 0 Å². The lowest BCUT2D eigenvalue weighted by atomic mass is 10.1. The van der Waals surface area contributed by atoms with E-state index in [-0.39, 0.29) is 5.91 Å². The van der Waals surface area contributed by atoms with Gasteiger partial charge in [-0.25, -0.2) is 13.2 Å². The van der Waals surface area contributed by atoms with Gasteiger partial charge in [-0.2, -0.15) is 4.31 Å². The predicted molar refractivity (Wildman–Crippen MR) is 133 cm³/mol. The van der Waals surface area contributed by atoms with Crippen molar-refractivity contribution in [2.75, 3.05) is 38.6 Å². The minimum Gasteiger partial charge on any atom is -0.465 e. The molecule has 0 unspecified atom stereocenters. The van der Waals surface area contributed by atoms with Crippen molar-refractivity contribution in [3.63, 3.8) is 0 Å². The minimum absolute atomic E-state index is 0.248. The highest BCUT2D eigenvalue weighted by Gasteiger charge is 2.28. The van der Waals surface area contributed by atoms with Gasteiger partial charge < -0.3 is 10.1 Å². The van der Waals surface area contributed by atoms with Gasteiger partial charge in [-0.1, -0.05) is 30.3 Å². The molecule has 182 valence electrons. The third kappa shape index (κ3) is 5.94. The molecule has 1 saturated heterocycles. The van der Waals surface area contributed by atoms with Crippen molar-refractivity contribution in [2.45, 2.75) is 11.4 Å². The van der Waals surface area contributed by atoms with E-state index in [1.165, 1.54) is 11.4 Å². The lowest BCUT2D eigenvalue weighted by molar-refractivity contribution is 0.0600. The van der Waals surface area contributed by atoms with Crippen LogP contribution >= 0.6 is 0 Å². The maximum absolute atomic E-state index is 12.8. The van der Waals surface area contributed by atoms with E-state index >= 15 is 0 Å². The number of piperazine rings is 1. The summed E-state index contributed by atoms with van der Waals surface area (Å²) in [5.74, 6) is -0.681. The van der Waals surface area contributed by atoms with Gasteiger partial charge in [0.25, 0.3) is 5.91 Å². The molecule has 0 aliphatic carbocycles. The highest BCUT2D eigenvalue weighted by Crippen LogP contribution is 2.19. The molecule has 0 aromatic heterocycles. The summed E-state index contributed by atoms with van der Waals surface area (Å²) in [6, 6.07) is 22.3. The van der Waals surface area contributed by atoms with Crippen molar-refractivity contribution in [3.8, 4) is 0 Å². The summed E-state index contributed by atoms with van der Waals surface area (Å²) in [6.45, 7) is 2.82. The average molecular weight is 494 g/mol. The van der Waals surface area contributed by atoms with Crippen LogP contribution in [0.4, 0.5) is 5.69 Å². The molecule has 1 aliphatic rings. The smallest absolute Gasteiger partial charge is 0.337 e. The van der Waals surface area contributed by atoms with Crippen LogP contribution in [0.25, 0.3) is 0 Å². The van der Waals surface area contributed by atoms with Crippen LogP contribution in [0.2, 0.25) is 0 Å². The van der Waals surface area contributed by atoms with E-state index in [0.717, 1.165) is 5.56 Å². The molecule has 3 aromatic carbocycles. The first-order valence-corrected chi connectivity index (χ1v) is 12.7. The summed E-state index contributed by atoms with van der Waals surface area (Å²) in [5, 5.41) is 2.81. The number of ether oxygens (including phenoxy) is 1. The number of anilines is 1. The van der Waals surface area contributed by atoms with Gasteiger partial charge in [-0.05, 0) is 54.1 Å². The summed E-state index contributed by atoms with van der Waals surface area (Å²) in [5.41, 5.74) is 2.55. The molecule has 1 heterocycles. The third-order valence-corrected chi connectivity index (χ3v) is 7.81. The molecule has 0 radical (unpaired) electrons. The number of methoxy groups -OCH3 is 1. The molecule has 8 nitrogen and oxygen atoms in total. The number of rotatable bonds is 7. The van der Waals surface area contributed by atoms with Crippen LogP contribution in [0.15, 0.2) is 83.8 Å². The maximum Gasteiger partial charge on any atom is 0.337 e. The van der Waals surface area contributed by atoms with Gasteiger partial charge in [0.05, 0.1) is 17.6 Å². The van der Waals surface area contributed by atoms with E-state index in [1.54, 1.807) is 66.7 Å². The molecule has 1 amide bonds. The van der Waals surface area contributed by atoms with Gasteiger partial charge in [0.1, 0.15) is 0 Å². The number of hydrogen-bond acceptors (Lipinski definition) is 6. The quantitative estimate of drug-likeness (QED) is 0.508. The molecule has 0 spiro atoms. The fourth-order valence-corrected chi connectivity index (χ4v) is 5.34. The van der Waals surface area contributed by atoms with E-state index in [1.807, 2.05) is 12.1 Å². The second-order valence-corrected chi connectivity index (χ2v) is 10.2. The number of benzene rings is 3. The number of amides is 1. The number of carbonyl (C=O) groups excluding carboxylic acids is 2. The van der Waals surface area contributed by atoms with E-state index < -0.39 is 16.0 Å². The first kappa shape index (κ1) is 24.6. The molecule has 35 heavy (non-hydrogen) atoms.